The number of ether oxygens (including phenoxy) is 1. The largest absolute Gasteiger partial charge is 0.466 e. The standard InChI is InChI=1S/C11H21BrO6S2/c1-2-18-11(13)5-10-20(16,17)9-4-8-19(14,15)7-3-6-12/h2-10H2,1H3. The monoisotopic (exact) mass is 392 g/mol. The molecule has 0 spiro atoms. The first-order valence-electron chi connectivity index (χ1n) is 6.35. The van der Waals surface area contributed by atoms with Gasteiger partial charge in [0.1, 0.15) is 9.84 Å². The van der Waals surface area contributed by atoms with Crippen molar-refractivity contribution >= 4 is 41.6 Å². The summed E-state index contributed by atoms with van der Waals surface area (Å²) in [6.07, 6.45) is 0.389. The van der Waals surface area contributed by atoms with E-state index < -0.39 is 25.6 Å². The van der Waals surface area contributed by atoms with Gasteiger partial charge in [0.25, 0.3) is 0 Å². The van der Waals surface area contributed by atoms with E-state index in [0.717, 1.165) is 0 Å². The molecule has 6 nitrogen and oxygen atoms in total. The highest BCUT2D eigenvalue weighted by molar-refractivity contribution is 9.09. The quantitative estimate of drug-likeness (QED) is 0.383. The molecule has 0 saturated carbocycles. The van der Waals surface area contributed by atoms with E-state index >= 15 is 0 Å². The maximum absolute atomic E-state index is 11.6. The minimum Gasteiger partial charge on any atom is -0.466 e. The van der Waals surface area contributed by atoms with Gasteiger partial charge in [-0.25, -0.2) is 16.8 Å². The molecule has 0 aromatic carbocycles. The summed E-state index contributed by atoms with van der Waals surface area (Å²) in [5, 5.41) is 0.601. The zero-order valence-electron chi connectivity index (χ0n) is 11.5. The third-order valence-electron chi connectivity index (χ3n) is 2.42. The summed E-state index contributed by atoms with van der Waals surface area (Å²) in [5.41, 5.74) is 0. The molecule has 0 N–H and O–H groups in total. The number of halogens is 1. The van der Waals surface area contributed by atoms with Crippen LogP contribution >= 0.6 is 15.9 Å². The van der Waals surface area contributed by atoms with Gasteiger partial charge in [-0.3, -0.25) is 4.79 Å². The number of esters is 1. The molecule has 0 amide bonds. The molecule has 0 aliphatic carbocycles. The summed E-state index contributed by atoms with van der Waals surface area (Å²) in [6, 6.07) is 0. The fraction of sp³-hybridized carbons (Fsp3) is 0.909. The SMILES string of the molecule is CCOC(=O)CCS(=O)(=O)CCCS(=O)(=O)CCCBr. The molecule has 0 rings (SSSR count). The van der Waals surface area contributed by atoms with Crippen molar-refractivity contribution in [3.8, 4) is 0 Å². The zero-order chi connectivity index (χ0) is 15.6. The van der Waals surface area contributed by atoms with E-state index in [0.29, 0.717) is 11.8 Å². The van der Waals surface area contributed by atoms with Gasteiger partial charge in [-0.2, -0.15) is 0 Å². The molecule has 120 valence electrons. The van der Waals surface area contributed by atoms with Crippen molar-refractivity contribution in [1.82, 2.24) is 0 Å². The maximum Gasteiger partial charge on any atom is 0.306 e. The normalized spacial score (nSPS) is 12.3. The third-order valence-corrected chi connectivity index (χ3v) is 6.54. The Hall–Kier alpha value is -0.150. The minimum atomic E-state index is -3.41. The van der Waals surface area contributed by atoms with Crippen molar-refractivity contribution in [2.45, 2.75) is 26.2 Å². The van der Waals surface area contributed by atoms with Crippen molar-refractivity contribution < 1.29 is 26.4 Å². The number of hydrogen-bond acceptors (Lipinski definition) is 6. The van der Waals surface area contributed by atoms with Gasteiger partial charge in [-0.15, -0.1) is 0 Å². The molecule has 0 unspecified atom stereocenters. The van der Waals surface area contributed by atoms with E-state index in [4.69, 9.17) is 0 Å². The smallest absolute Gasteiger partial charge is 0.306 e. The number of carbonyl (C=O) groups excluding carboxylic acids is 1. The number of sulfone groups is 2. The maximum atomic E-state index is 11.6. The summed E-state index contributed by atoms with van der Waals surface area (Å²) in [6.45, 7) is 1.86. The van der Waals surface area contributed by atoms with Gasteiger partial charge in [0.15, 0.2) is 9.84 Å². The van der Waals surface area contributed by atoms with E-state index in [1.165, 1.54) is 0 Å². The molecular weight excluding hydrogens is 372 g/mol. The number of alkyl halides is 1. The lowest BCUT2D eigenvalue weighted by molar-refractivity contribution is -0.142. The number of rotatable bonds is 11. The van der Waals surface area contributed by atoms with Crippen LogP contribution in [0.15, 0.2) is 0 Å². The van der Waals surface area contributed by atoms with Gasteiger partial charge in [0, 0.05) is 5.33 Å². The first-order valence-corrected chi connectivity index (χ1v) is 11.1. The number of hydrogen-bond donors (Lipinski definition) is 0. The Bertz CT molecular complexity index is 483. The number of carbonyl (C=O) groups is 1. The lowest BCUT2D eigenvalue weighted by atomic mass is 10.5. The van der Waals surface area contributed by atoms with Crippen LogP contribution < -0.4 is 0 Å². The Kier molecular flexibility index (Phi) is 9.65. The zero-order valence-corrected chi connectivity index (χ0v) is 14.7. The summed E-state index contributed by atoms with van der Waals surface area (Å²) in [7, 11) is -6.60. The summed E-state index contributed by atoms with van der Waals surface area (Å²) in [5.74, 6) is -1.16. The third kappa shape index (κ3) is 10.6. The fourth-order valence-electron chi connectivity index (χ4n) is 1.45. The predicted molar refractivity (Wildman–Crippen MR) is 81.6 cm³/mol. The molecule has 0 aliphatic rings. The van der Waals surface area contributed by atoms with E-state index in [-0.39, 0.29) is 42.5 Å². The highest BCUT2D eigenvalue weighted by Crippen LogP contribution is 2.03. The van der Waals surface area contributed by atoms with Gasteiger partial charge in [0.05, 0.1) is 36.0 Å². The predicted octanol–water partition coefficient (Wildman–Crippen LogP) is 0.944. The van der Waals surface area contributed by atoms with E-state index in [2.05, 4.69) is 20.7 Å². The lowest BCUT2D eigenvalue weighted by Gasteiger charge is -2.05. The van der Waals surface area contributed by atoms with Crippen LogP contribution in [0.3, 0.4) is 0 Å². The molecule has 9 heteroatoms. The van der Waals surface area contributed by atoms with Crippen LogP contribution in [-0.4, -0.2) is 57.8 Å². The molecule has 0 aromatic rings. The topological polar surface area (TPSA) is 94.6 Å². The van der Waals surface area contributed by atoms with Crippen molar-refractivity contribution in [1.29, 1.82) is 0 Å². The average Bonchev–Trinajstić information content (AvgIpc) is 2.34. The van der Waals surface area contributed by atoms with Crippen LogP contribution in [0.5, 0.6) is 0 Å². The van der Waals surface area contributed by atoms with Crippen molar-refractivity contribution in [3.05, 3.63) is 0 Å². The van der Waals surface area contributed by atoms with Crippen LogP contribution in [0, 0.1) is 0 Å². The lowest BCUT2D eigenvalue weighted by Crippen LogP contribution is -2.19. The molecule has 0 bridgehead atoms. The molecule has 0 atom stereocenters. The van der Waals surface area contributed by atoms with Crippen LogP contribution in [-0.2, 0) is 29.2 Å². The van der Waals surface area contributed by atoms with Crippen molar-refractivity contribution in [2.24, 2.45) is 0 Å². The summed E-state index contributed by atoms with van der Waals surface area (Å²) in [4.78, 5) is 11.1. The van der Waals surface area contributed by atoms with Gasteiger partial charge < -0.3 is 4.74 Å². The van der Waals surface area contributed by atoms with Gasteiger partial charge >= 0.3 is 5.97 Å². The highest BCUT2D eigenvalue weighted by atomic mass is 79.9. The Morgan fingerprint density at radius 1 is 0.950 bits per heavy atom. The summed E-state index contributed by atoms with van der Waals surface area (Å²) >= 11 is 3.14. The Morgan fingerprint density at radius 3 is 1.95 bits per heavy atom. The molecule has 0 heterocycles. The van der Waals surface area contributed by atoms with E-state index in [1.54, 1.807) is 6.92 Å². The second-order valence-corrected chi connectivity index (χ2v) is 9.66. The Morgan fingerprint density at radius 2 is 1.45 bits per heavy atom. The van der Waals surface area contributed by atoms with E-state index in [9.17, 15) is 21.6 Å². The molecular formula is C11H21BrO6S2. The second-order valence-electron chi connectivity index (χ2n) is 4.25. The van der Waals surface area contributed by atoms with Crippen LogP contribution in [0.25, 0.3) is 0 Å². The highest BCUT2D eigenvalue weighted by Gasteiger charge is 2.17. The second kappa shape index (κ2) is 9.73. The van der Waals surface area contributed by atoms with E-state index in [1.807, 2.05) is 0 Å². The Balaban J connectivity index is 4.08. The fourth-order valence-corrected chi connectivity index (χ4v) is 4.92. The minimum absolute atomic E-state index is 0.0567. The van der Waals surface area contributed by atoms with Crippen molar-refractivity contribution in [2.75, 3.05) is 34.9 Å². The molecule has 0 radical (unpaired) electrons. The molecule has 20 heavy (non-hydrogen) atoms. The molecule has 0 aliphatic heterocycles. The van der Waals surface area contributed by atoms with Gasteiger partial charge in [0.2, 0.25) is 0 Å². The average molecular weight is 393 g/mol. The summed E-state index contributed by atoms with van der Waals surface area (Å²) < 4.78 is 51.0. The van der Waals surface area contributed by atoms with Gasteiger partial charge in [-0.1, -0.05) is 15.9 Å². The van der Waals surface area contributed by atoms with Crippen LogP contribution in [0.1, 0.15) is 26.2 Å². The molecule has 0 saturated heterocycles. The van der Waals surface area contributed by atoms with Crippen LogP contribution in [0.4, 0.5) is 0 Å². The molecule has 0 aromatic heterocycles. The Labute approximate surface area is 129 Å². The van der Waals surface area contributed by atoms with Gasteiger partial charge in [-0.05, 0) is 19.8 Å². The molecule has 0 fully saturated rings. The first-order chi connectivity index (χ1) is 9.22. The first kappa shape index (κ1) is 19.9. The van der Waals surface area contributed by atoms with Crippen molar-refractivity contribution in [3.63, 3.8) is 0 Å². The van der Waals surface area contributed by atoms with Crippen LogP contribution in [0.2, 0.25) is 0 Å².